The summed E-state index contributed by atoms with van der Waals surface area (Å²) in [5.41, 5.74) is 2.44. The van der Waals surface area contributed by atoms with Crippen LogP contribution in [0.3, 0.4) is 0 Å². The van der Waals surface area contributed by atoms with Crippen LogP contribution in [0.2, 0.25) is 0 Å². The lowest BCUT2D eigenvalue weighted by atomic mass is 10.1. The van der Waals surface area contributed by atoms with Crippen LogP contribution in [-0.2, 0) is 6.54 Å². The molecule has 18 heavy (non-hydrogen) atoms. The Bertz CT molecular complexity index is 393. The minimum atomic E-state index is 0.162. The molecule has 0 unspecified atom stereocenters. The van der Waals surface area contributed by atoms with Crippen molar-refractivity contribution in [3.63, 3.8) is 0 Å². The molecule has 98 valence electrons. The fraction of sp³-hybridized carbons (Fsp3) is 0.533. The molecule has 1 aliphatic heterocycles. The normalized spacial score (nSPS) is 15.6. The van der Waals surface area contributed by atoms with Crippen LogP contribution in [0.5, 0.6) is 0 Å². The van der Waals surface area contributed by atoms with E-state index in [2.05, 4.69) is 31.2 Å². The first-order valence-corrected chi connectivity index (χ1v) is 6.72. The molecule has 3 nitrogen and oxygen atoms in total. The van der Waals surface area contributed by atoms with Crippen LogP contribution in [0, 0.1) is 6.92 Å². The molecule has 3 heteroatoms. The average Bonchev–Trinajstić information content (AvgIpc) is 2.41. The van der Waals surface area contributed by atoms with E-state index in [0.717, 1.165) is 25.9 Å². The standard InChI is InChI=1S/C15H22N2O/c1-13-6-8-14(9-7-13)12-16(2)15(18)17-10-4-3-5-11-17/h6-9H,3-5,10-12H2,1-2H3. The van der Waals surface area contributed by atoms with Crippen LogP contribution in [0.4, 0.5) is 4.79 Å². The van der Waals surface area contributed by atoms with Gasteiger partial charge in [0.1, 0.15) is 0 Å². The van der Waals surface area contributed by atoms with Gasteiger partial charge in [0.15, 0.2) is 0 Å². The van der Waals surface area contributed by atoms with E-state index in [1.807, 2.05) is 16.8 Å². The summed E-state index contributed by atoms with van der Waals surface area (Å²) in [4.78, 5) is 16.0. The zero-order valence-corrected chi connectivity index (χ0v) is 11.4. The van der Waals surface area contributed by atoms with Crippen LogP contribution in [0.1, 0.15) is 30.4 Å². The number of aryl methyl sites for hydroxylation is 1. The molecule has 0 aromatic heterocycles. The summed E-state index contributed by atoms with van der Waals surface area (Å²) >= 11 is 0. The first-order chi connectivity index (χ1) is 8.66. The molecular weight excluding hydrogens is 224 g/mol. The number of rotatable bonds is 2. The smallest absolute Gasteiger partial charge is 0.320 e. The van der Waals surface area contributed by atoms with Crippen molar-refractivity contribution in [2.24, 2.45) is 0 Å². The van der Waals surface area contributed by atoms with Gasteiger partial charge < -0.3 is 9.80 Å². The van der Waals surface area contributed by atoms with Crippen molar-refractivity contribution in [3.05, 3.63) is 35.4 Å². The molecule has 0 spiro atoms. The van der Waals surface area contributed by atoms with Gasteiger partial charge >= 0.3 is 6.03 Å². The molecule has 1 aromatic carbocycles. The number of hydrogen-bond acceptors (Lipinski definition) is 1. The van der Waals surface area contributed by atoms with E-state index in [-0.39, 0.29) is 6.03 Å². The Labute approximate surface area is 109 Å². The van der Waals surface area contributed by atoms with Crippen molar-refractivity contribution >= 4 is 6.03 Å². The van der Waals surface area contributed by atoms with E-state index in [0.29, 0.717) is 6.54 Å². The Balaban J connectivity index is 1.92. The van der Waals surface area contributed by atoms with Gasteiger partial charge in [0.05, 0.1) is 0 Å². The molecule has 2 rings (SSSR count). The molecular formula is C15H22N2O. The van der Waals surface area contributed by atoms with Gasteiger partial charge in [-0.3, -0.25) is 0 Å². The molecule has 0 bridgehead atoms. The highest BCUT2D eigenvalue weighted by Gasteiger charge is 2.19. The van der Waals surface area contributed by atoms with Gasteiger partial charge in [0.25, 0.3) is 0 Å². The minimum absolute atomic E-state index is 0.162. The SMILES string of the molecule is Cc1ccc(CN(C)C(=O)N2CCCCC2)cc1. The fourth-order valence-electron chi connectivity index (χ4n) is 2.36. The van der Waals surface area contributed by atoms with Gasteiger partial charge in [0.2, 0.25) is 0 Å². The molecule has 0 atom stereocenters. The number of amides is 2. The number of nitrogens with zero attached hydrogens (tertiary/aromatic N) is 2. The zero-order chi connectivity index (χ0) is 13.0. The van der Waals surface area contributed by atoms with E-state index in [1.165, 1.54) is 17.5 Å². The molecule has 0 radical (unpaired) electrons. The monoisotopic (exact) mass is 246 g/mol. The van der Waals surface area contributed by atoms with Crippen LogP contribution in [0.15, 0.2) is 24.3 Å². The highest BCUT2D eigenvalue weighted by molar-refractivity contribution is 5.74. The van der Waals surface area contributed by atoms with Crippen molar-refractivity contribution in [2.75, 3.05) is 20.1 Å². The van der Waals surface area contributed by atoms with Gasteiger partial charge in [0, 0.05) is 26.7 Å². The summed E-state index contributed by atoms with van der Waals surface area (Å²) in [7, 11) is 1.89. The van der Waals surface area contributed by atoms with Crippen LogP contribution >= 0.6 is 0 Å². The average molecular weight is 246 g/mol. The lowest BCUT2D eigenvalue weighted by Gasteiger charge is -2.31. The number of urea groups is 1. The highest BCUT2D eigenvalue weighted by Crippen LogP contribution is 2.12. The number of benzene rings is 1. The first kappa shape index (κ1) is 12.9. The van der Waals surface area contributed by atoms with E-state index >= 15 is 0 Å². The second-order valence-electron chi connectivity index (χ2n) is 5.17. The predicted molar refractivity (Wildman–Crippen MR) is 73.5 cm³/mol. The van der Waals surface area contributed by atoms with Crippen molar-refractivity contribution in [2.45, 2.75) is 32.7 Å². The summed E-state index contributed by atoms with van der Waals surface area (Å²) in [5, 5.41) is 0. The topological polar surface area (TPSA) is 23.6 Å². The Morgan fingerprint density at radius 3 is 2.39 bits per heavy atom. The van der Waals surface area contributed by atoms with E-state index in [1.54, 1.807) is 0 Å². The lowest BCUT2D eigenvalue weighted by Crippen LogP contribution is -2.43. The summed E-state index contributed by atoms with van der Waals surface area (Å²) in [6, 6.07) is 8.53. The van der Waals surface area contributed by atoms with Crippen LogP contribution < -0.4 is 0 Å². The highest BCUT2D eigenvalue weighted by atomic mass is 16.2. The molecule has 1 heterocycles. The Hall–Kier alpha value is -1.51. The van der Waals surface area contributed by atoms with Gasteiger partial charge in [-0.05, 0) is 31.7 Å². The maximum absolute atomic E-state index is 12.2. The fourth-order valence-corrected chi connectivity index (χ4v) is 2.36. The summed E-state index contributed by atoms with van der Waals surface area (Å²) < 4.78 is 0. The van der Waals surface area contributed by atoms with Gasteiger partial charge in [-0.1, -0.05) is 29.8 Å². The number of carbonyl (C=O) groups excluding carboxylic acids is 1. The third-order valence-electron chi connectivity index (χ3n) is 3.49. The van der Waals surface area contributed by atoms with E-state index in [4.69, 9.17) is 0 Å². The zero-order valence-electron chi connectivity index (χ0n) is 11.4. The van der Waals surface area contributed by atoms with Gasteiger partial charge in [-0.15, -0.1) is 0 Å². The maximum Gasteiger partial charge on any atom is 0.320 e. The minimum Gasteiger partial charge on any atom is -0.325 e. The summed E-state index contributed by atoms with van der Waals surface area (Å²) in [5.74, 6) is 0. The van der Waals surface area contributed by atoms with Crippen molar-refractivity contribution in [3.8, 4) is 0 Å². The molecule has 2 amide bonds. The number of piperidine rings is 1. The molecule has 0 saturated carbocycles. The Morgan fingerprint density at radius 1 is 1.17 bits per heavy atom. The second kappa shape index (κ2) is 5.89. The molecule has 0 N–H and O–H groups in total. The third kappa shape index (κ3) is 3.25. The maximum atomic E-state index is 12.2. The molecule has 1 aliphatic rings. The Kier molecular flexibility index (Phi) is 4.24. The van der Waals surface area contributed by atoms with Gasteiger partial charge in [-0.2, -0.15) is 0 Å². The second-order valence-corrected chi connectivity index (χ2v) is 5.17. The molecule has 1 aromatic rings. The third-order valence-corrected chi connectivity index (χ3v) is 3.49. The van der Waals surface area contributed by atoms with E-state index < -0.39 is 0 Å². The molecule has 0 aliphatic carbocycles. The van der Waals surface area contributed by atoms with Gasteiger partial charge in [-0.25, -0.2) is 4.79 Å². The predicted octanol–water partition coefficient (Wildman–Crippen LogP) is 3.03. The van der Waals surface area contributed by atoms with Crippen molar-refractivity contribution in [1.29, 1.82) is 0 Å². The van der Waals surface area contributed by atoms with Crippen LogP contribution in [0.25, 0.3) is 0 Å². The quantitative estimate of drug-likeness (QED) is 0.786. The number of hydrogen-bond donors (Lipinski definition) is 0. The molecule has 1 saturated heterocycles. The van der Waals surface area contributed by atoms with Crippen LogP contribution in [-0.4, -0.2) is 36.0 Å². The summed E-state index contributed by atoms with van der Waals surface area (Å²) in [6.45, 7) is 4.59. The Morgan fingerprint density at radius 2 is 1.78 bits per heavy atom. The summed E-state index contributed by atoms with van der Waals surface area (Å²) in [6.07, 6.45) is 3.54. The molecule has 1 fully saturated rings. The lowest BCUT2D eigenvalue weighted by molar-refractivity contribution is 0.151. The largest absolute Gasteiger partial charge is 0.325 e. The first-order valence-electron chi connectivity index (χ1n) is 6.72. The van der Waals surface area contributed by atoms with E-state index in [9.17, 15) is 4.79 Å². The van der Waals surface area contributed by atoms with Crippen molar-refractivity contribution in [1.82, 2.24) is 9.80 Å². The number of likely N-dealkylation sites (tertiary alicyclic amines) is 1. The number of carbonyl (C=O) groups is 1. The van der Waals surface area contributed by atoms with Crippen molar-refractivity contribution < 1.29 is 4.79 Å².